The number of hydrogen-bond acceptors (Lipinski definition) is 2. The summed E-state index contributed by atoms with van der Waals surface area (Å²) in [5.74, 6) is 0. The van der Waals surface area contributed by atoms with Gasteiger partial charge < -0.3 is 5.73 Å². The van der Waals surface area contributed by atoms with Gasteiger partial charge in [-0.25, -0.2) is 0 Å². The van der Waals surface area contributed by atoms with E-state index in [1.54, 1.807) is 20.8 Å². The highest BCUT2D eigenvalue weighted by Gasteiger charge is 2.41. The number of halogens is 4. The Morgan fingerprint density at radius 2 is 1.73 bits per heavy atom. The minimum atomic E-state index is -4.56. The molecule has 0 fully saturated rings. The van der Waals surface area contributed by atoms with Gasteiger partial charge in [-0.05, 0) is 20.8 Å². The summed E-state index contributed by atoms with van der Waals surface area (Å²) < 4.78 is 38.8. The number of nitrogens with two attached hydrogens (primary N) is 1. The Morgan fingerprint density at radius 1 is 1.27 bits per heavy atom. The molecule has 0 spiro atoms. The molecular weight excluding hydrogens is 231 g/mol. The lowest BCUT2D eigenvalue weighted by Gasteiger charge is -2.23. The minimum Gasteiger partial charge on any atom is -0.394 e. The van der Waals surface area contributed by atoms with Crippen molar-refractivity contribution in [1.29, 1.82) is 0 Å². The molecule has 0 saturated carbocycles. The predicted molar refractivity (Wildman–Crippen MR) is 51.6 cm³/mol. The first kappa shape index (κ1) is 12.2. The maximum Gasteiger partial charge on any atom is 0.435 e. The summed E-state index contributed by atoms with van der Waals surface area (Å²) in [6, 6.07) is 0. The largest absolute Gasteiger partial charge is 0.435 e. The molecule has 0 aliphatic rings. The molecule has 0 amide bonds. The SMILES string of the molecule is CC(C)(C)n1nc(Cl)c(N)c1C(F)(F)F. The van der Waals surface area contributed by atoms with Crippen molar-refractivity contribution in [3.63, 3.8) is 0 Å². The second kappa shape index (κ2) is 3.30. The smallest absolute Gasteiger partial charge is 0.394 e. The van der Waals surface area contributed by atoms with Crippen molar-refractivity contribution in [2.75, 3.05) is 5.73 Å². The van der Waals surface area contributed by atoms with Crippen molar-refractivity contribution in [3.8, 4) is 0 Å². The third-order valence-electron chi connectivity index (χ3n) is 1.78. The summed E-state index contributed by atoms with van der Waals surface area (Å²) in [4.78, 5) is 0. The van der Waals surface area contributed by atoms with Crippen LogP contribution in [0.25, 0.3) is 0 Å². The summed E-state index contributed by atoms with van der Waals surface area (Å²) in [6.45, 7) is 4.76. The van der Waals surface area contributed by atoms with E-state index in [4.69, 9.17) is 17.3 Å². The summed E-state index contributed by atoms with van der Waals surface area (Å²) in [7, 11) is 0. The molecule has 0 atom stereocenters. The summed E-state index contributed by atoms with van der Waals surface area (Å²) in [6.07, 6.45) is -4.56. The normalized spacial score (nSPS) is 13.3. The molecule has 0 aliphatic carbocycles. The van der Waals surface area contributed by atoms with Crippen LogP contribution in [-0.2, 0) is 11.7 Å². The average Bonchev–Trinajstić information content (AvgIpc) is 2.25. The molecule has 0 radical (unpaired) electrons. The predicted octanol–water partition coefficient (Wildman–Crippen LogP) is 2.89. The van der Waals surface area contributed by atoms with E-state index < -0.39 is 23.1 Å². The van der Waals surface area contributed by atoms with Crippen LogP contribution in [0.5, 0.6) is 0 Å². The Bertz CT molecular complexity index is 376. The lowest BCUT2D eigenvalue weighted by molar-refractivity contribution is -0.145. The van der Waals surface area contributed by atoms with Gasteiger partial charge in [-0.1, -0.05) is 11.6 Å². The van der Waals surface area contributed by atoms with Gasteiger partial charge in [0.2, 0.25) is 0 Å². The van der Waals surface area contributed by atoms with Crippen LogP contribution in [0.4, 0.5) is 18.9 Å². The number of nitrogen functional groups attached to an aromatic ring is 1. The van der Waals surface area contributed by atoms with E-state index in [1.807, 2.05) is 0 Å². The molecule has 1 heterocycles. The molecule has 0 unspecified atom stereocenters. The van der Waals surface area contributed by atoms with Gasteiger partial charge >= 0.3 is 6.18 Å². The standard InChI is InChI=1S/C8H11ClF3N3/c1-7(2,3)15-5(8(10,11)12)4(13)6(9)14-15/h13H2,1-3H3. The minimum absolute atomic E-state index is 0.322. The van der Waals surface area contributed by atoms with Gasteiger partial charge in [-0.2, -0.15) is 18.3 Å². The molecule has 1 aromatic rings. The third kappa shape index (κ3) is 2.19. The van der Waals surface area contributed by atoms with Crippen LogP contribution in [-0.4, -0.2) is 9.78 Å². The first-order valence-corrected chi connectivity index (χ1v) is 4.54. The van der Waals surface area contributed by atoms with Crippen LogP contribution in [0.1, 0.15) is 26.5 Å². The van der Waals surface area contributed by atoms with E-state index in [0.717, 1.165) is 4.68 Å². The fraction of sp³-hybridized carbons (Fsp3) is 0.625. The zero-order valence-electron chi connectivity index (χ0n) is 8.48. The summed E-state index contributed by atoms with van der Waals surface area (Å²) in [5, 5.41) is 3.26. The van der Waals surface area contributed by atoms with E-state index >= 15 is 0 Å². The number of rotatable bonds is 0. The lowest BCUT2D eigenvalue weighted by Crippen LogP contribution is -2.29. The summed E-state index contributed by atoms with van der Waals surface area (Å²) >= 11 is 5.49. The van der Waals surface area contributed by atoms with Gasteiger partial charge in [0, 0.05) is 0 Å². The number of alkyl halides is 3. The first-order chi connectivity index (χ1) is 6.55. The van der Waals surface area contributed by atoms with E-state index in [9.17, 15) is 13.2 Å². The van der Waals surface area contributed by atoms with Crippen molar-refractivity contribution >= 4 is 17.3 Å². The molecule has 0 saturated heterocycles. The second-order valence-electron chi connectivity index (χ2n) is 4.13. The van der Waals surface area contributed by atoms with Crippen molar-refractivity contribution in [2.24, 2.45) is 0 Å². The lowest BCUT2D eigenvalue weighted by atomic mass is 10.1. The molecule has 2 N–H and O–H groups in total. The van der Waals surface area contributed by atoms with E-state index in [0.29, 0.717) is 0 Å². The Balaban J connectivity index is 3.48. The number of nitrogens with zero attached hydrogens (tertiary/aromatic N) is 2. The fourth-order valence-corrected chi connectivity index (χ4v) is 1.33. The Kier molecular flexibility index (Phi) is 2.67. The van der Waals surface area contributed by atoms with Crippen LogP contribution in [0, 0.1) is 0 Å². The Morgan fingerprint density at radius 3 is 2.00 bits per heavy atom. The van der Waals surface area contributed by atoms with Crippen molar-refractivity contribution < 1.29 is 13.2 Å². The Hall–Kier alpha value is -0.910. The zero-order chi connectivity index (χ0) is 12.0. The topological polar surface area (TPSA) is 43.8 Å². The number of anilines is 1. The molecule has 0 bridgehead atoms. The van der Waals surface area contributed by atoms with Gasteiger partial charge in [0.1, 0.15) is 5.69 Å². The van der Waals surface area contributed by atoms with Crippen molar-refractivity contribution in [2.45, 2.75) is 32.5 Å². The van der Waals surface area contributed by atoms with Crippen LogP contribution in [0.15, 0.2) is 0 Å². The van der Waals surface area contributed by atoms with Gasteiger partial charge in [-0.3, -0.25) is 4.68 Å². The third-order valence-corrected chi connectivity index (χ3v) is 2.06. The molecule has 86 valence electrons. The van der Waals surface area contributed by atoms with Crippen molar-refractivity contribution in [1.82, 2.24) is 9.78 Å². The van der Waals surface area contributed by atoms with Crippen molar-refractivity contribution in [3.05, 3.63) is 10.8 Å². The zero-order valence-corrected chi connectivity index (χ0v) is 9.24. The van der Waals surface area contributed by atoms with Gasteiger partial charge in [0.15, 0.2) is 10.8 Å². The number of aromatic nitrogens is 2. The quantitative estimate of drug-likeness (QED) is 0.759. The molecule has 0 aliphatic heterocycles. The molecule has 15 heavy (non-hydrogen) atoms. The van der Waals surface area contributed by atoms with Crippen LogP contribution in [0.2, 0.25) is 5.15 Å². The van der Waals surface area contributed by atoms with Crippen LogP contribution >= 0.6 is 11.6 Å². The Labute approximate surface area is 90.0 Å². The first-order valence-electron chi connectivity index (χ1n) is 4.17. The van der Waals surface area contributed by atoms with Crippen LogP contribution < -0.4 is 5.73 Å². The van der Waals surface area contributed by atoms with Crippen LogP contribution in [0.3, 0.4) is 0 Å². The van der Waals surface area contributed by atoms with E-state index in [-0.39, 0.29) is 5.15 Å². The monoisotopic (exact) mass is 241 g/mol. The highest BCUT2D eigenvalue weighted by molar-refractivity contribution is 6.32. The molecule has 1 rings (SSSR count). The molecular formula is C8H11ClF3N3. The average molecular weight is 242 g/mol. The molecule has 7 heteroatoms. The molecule has 0 aromatic carbocycles. The summed E-state index contributed by atoms with van der Waals surface area (Å²) in [5.41, 5.74) is 2.90. The van der Waals surface area contributed by atoms with Gasteiger partial charge in [0.05, 0.1) is 5.54 Å². The van der Waals surface area contributed by atoms with Gasteiger partial charge in [0.25, 0.3) is 0 Å². The maximum absolute atomic E-state index is 12.7. The highest BCUT2D eigenvalue weighted by atomic mass is 35.5. The second-order valence-corrected chi connectivity index (χ2v) is 4.49. The van der Waals surface area contributed by atoms with Gasteiger partial charge in [-0.15, -0.1) is 0 Å². The maximum atomic E-state index is 12.7. The highest BCUT2D eigenvalue weighted by Crippen LogP contribution is 2.39. The fourth-order valence-electron chi connectivity index (χ4n) is 1.16. The van der Waals surface area contributed by atoms with E-state index in [1.165, 1.54) is 0 Å². The molecule has 3 nitrogen and oxygen atoms in total. The van der Waals surface area contributed by atoms with E-state index in [2.05, 4.69) is 5.10 Å². The molecule has 1 aromatic heterocycles. The number of hydrogen-bond donors (Lipinski definition) is 1.